The summed E-state index contributed by atoms with van der Waals surface area (Å²) < 4.78 is 0. The Balaban J connectivity index is 1.14. The number of nitrogens with two attached hydrogens (primary N) is 1. The summed E-state index contributed by atoms with van der Waals surface area (Å²) in [5, 5.41) is 42.4. The molecule has 4 aromatic carbocycles. The first-order chi connectivity index (χ1) is 31.2. The lowest BCUT2D eigenvalue weighted by Crippen LogP contribution is -2.54. The summed E-state index contributed by atoms with van der Waals surface area (Å²) in [5.41, 5.74) is 10.4. The number of carbonyl (C=O) groups excluding carboxylic acids is 5. The average molecular weight is 889 g/mol. The Morgan fingerprint density at radius 3 is 2.12 bits per heavy atom. The fourth-order valence-corrected chi connectivity index (χ4v) is 8.66. The van der Waals surface area contributed by atoms with Gasteiger partial charge >= 0.3 is 5.97 Å². The summed E-state index contributed by atoms with van der Waals surface area (Å²) in [7, 11) is 1.37. The predicted octanol–water partition coefficient (Wildman–Crippen LogP) is 5.12. The van der Waals surface area contributed by atoms with Crippen molar-refractivity contribution in [1.82, 2.24) is 26.2 Å². The van der Waals surface area contributed by atoms with E-state index in [0.29, 0.717) is 30.5 Å². The number of phenols is 2. The fraction of sp³-hybridized carbons (Fsp3) is 0.400. The molecule has 5 amide bonds. The molecule has 344 valence electrons. The Hall–Kier alpha value is -6.74. The monoisotopic (exact) mass is 888 g/mol. The first-order valence-electron chi connectivity index (χ1n) is 22.4. The highest BCUT2D eigenvalue weighted by atomic mass is 16.4. The first-order valence-corrected chi connectivity index (χ1v) is 22.4. The van der Waals surface area contributed by atoms with Crippen molar-refractivity contribution in [1.29, 1.82) is 0 Å². The van der Waals surface area contributed by atoms with Crippen molar-refractivity contribution < 1.29 is 44.1 Å². The molecule has 65 heavy (non-hydrogen) atoms. The number of benzene rings is 4. The molecule has 1 heterocycles. The summed E-state index contributed by atoms with van der Waals surface area (Å²) in [6, 6.07) is 19.1. The molecule has 1 aliphatic carbocycles. The first kappa shape index (κ1) is 47.7. The lowest BCUT2D eigenvalue weighted by molar-refractivity contribution is -0.144. The minimum Gasteiger partial charge on any atom is -0.507 e. The van der Waals surface area contributed by atoms with Crippen LogP contribution in [-0.2, 0) is 36.8 Å². The van der Waals surface area contributed by atoms with E-state index in [1.807, 2.05) is 12.1 Å². The molecule has 0 unspecified atom stereocenters. The standard InChI is InChI=1S/C50H60N6O9/c1-30-46(60)55-41(50(64)65)28-33-13-21-42(57)38(27-33)39-29-37(20-22-43(39)58)45(48(62)53-30)56(2)49(63)40(10-6-7-24-51)54-44(59)23-25-52-47(61)36-18-16-35(17-19-36)34-14-11-32(12-15-34)26-31-8-4-3-5-9-31/h11-22,27,29-31,40-41,45,57-58H,3-10,23-26,28,51H2,1-2H3,(H,52,61)(H,53,62)(H,54,59)(H,55,60)(H,64,65)/t30-,40-,41-,45-/m0/s1. The molecule has 6 rings (SSSR count). The van der Waals surface area contributed by atoms with Gasteiger partial charge in [0.25, 0.3) is 5.91 Å². The quantitative estimate of drug-likeness (QED) is 0.0734. The van der Waals surface area contributed by atoms with Gasteiger partial charge in [-0.1, -0.05) is 80.6 Å². The maximum Gasteiger partial charge on any atom is 0.326 e. The number of amides is 5. The highest BCUT2D eigenvalue weighted by Crippen LogP contribution is 2.39. The van der Waals surface area contributed by atoms with Crippen molar-refractivity contribution in [2.24, 2.45) is 11.7 Å². The summed E-state index contributed by atoms with van der Waals surface area (Å²) in [6.45, 7) is 1.69. The summed E-state index contributed by atoms with van der Waals surface area (Å²) in [6.07, 6.45) is 8.51. The van der Waals surface area contributed by atoms with Crippen molar-refractivity contribution in [3.8, 4) is 33.8 Å². The molecule has 9 N–H and O–H groups in total. The predicted molar refractivity (Wildman–Crippen MR) is 246 cm³/mol. The van der Waals surface area contributed by atoms with Gasteiger partial charge in [-0.2, -0.15) is 0 Å². The molecule has 4 atom stereocenters. The topological polar surface area (TPSA) is 240 Å². The summed E-state index contributed by atoms with van der Waals surface area (Å²) >= 11 is 0. The van der Waals surface area contributed by atoms with Crippen LogP contribution < -0.4 is 27.0 Å². The molecule has 0 aromatic heterocycles. The number of phenolic OH excluding ortho intramolecular Hbond substituents is 2. The van der Waals surface area contributed by atoms with Crippen LogP contribution in [0.1, 0.15) is 97.8 Å². The zero-order valence-electron chi connectivity index (χ0n) is 37.0. The van der Waals surface area contributed by atoms with Gasteiger partial charge in [-0.25, -0.2) is 4.79 Å². The minimum atomic E-state index is -1.44. The zero-order chi connectivity index (χ0) is 46.6. The third-order valence-electron chi connectivity index (χ3n) is 12.4. The van der Waals surface area contributed by atoms with E-state index >= 15 is 0 Å². The van der Waals surface area contributed by atoms with Crippen LogP contribution in [0, 0.1) is 5.92 Å². The number of nitrogens with one attached hydrogen (secondary N) is 4. The smallest absolute Gasteiger partial charge is 0.326 e. The summed E-state index contributed by atoms with van der Waals surface area (Å²) in [5.74, 6) is -4.23. The Bertz CT molecular complexity index is 2350. The number of nitrogens with zero attached hydrogens (tertiary/aromatic N) is 1. The maximum atomic E-state index is 14.4. The van der Waals surface area contributed by atoms with Gasteiger partial charge in [-0.15, -0.1) is 0 Å². The molecule has 15 nitrogen and oxygen atoms in total. The van der Waals surface area contributed by atoms with E-state index in [1.54, 1.807) is 12.1 Å². The molecule has 1 saturated carbocycles. The van der Waals surface area contributed by atoms with Crippen molar-refractivity contribution in [2.75, 3.05) is 20.1 Å². The maximum absolute atomic E-state index is 14.4. The third kappa shape index (κ3) is 12.5. The fourth-order valence-electron chi connectivity index (χ4n) is 8.66. The van der Waals surface area contributed by atoms with Crippen molar-refractivity contribution >= 4 is 35.5 Å². The van der Waals surface area contributed by atoms with Crippen LogP contribution in [0.5, 0.6) is 11.5 Å². The van der Waals surface area contributed by atoms with Gasteiger partial charge in [0.2, 0.25) is 23.6 Å². The second-order valence-electron chi connectivity index (χ2n) is 17.2. The van der Waals surface area contributed by atoms with Crippen LogP contribution >= 0.6 is 0 Å². The Morgan fingerprint density at radius 2 is 1.46 bits per heavy atom. The SMILES string of the molecule is C[C@@H]1NC(=O)[C@@H](N(C)C(=O)[C@H](CCCCN)NC(=O)CCNC(=O)c2ccc(-c3ccc(CC4CCCCC4)cc3)cc2)c2ccc(O)c(c2)-c2cc(ccc2O)C[C@@H](C(=O)O)NC1=O. The van der Waals surface area contributed by atoms with Crippen molar-refractivity contribution in [2.45, 2.75) is 102 Å². The largest absolute Gasteiger partial charge is 0.507 e. The van der Waals surface area contributed by atoms with Gasteiger partial charge in [0.05, 0.1) is 0 Å². The van der Waals surface area contributed by atoms with Crippen molar-refractivity contribution in [3.05, 3.63) is 107 Å². The molecule has 1 aliphatic heterocycles. The molecular weight excluding hydrogens is 829 g/mol. The normalized spacial score (nSPS) is 18.3. The molecule has 4 bridgehead atoms. The number of likely N-dealkylation sites (N-methyl/N-ethyl adjacent to an activating group) is 1. The van der Waals surface area contributed by atoms with E-state index in [4.69, 9.17) is 5.73 Å². The van der Waals surface area contributed by atoms with Crippen LogP contribution in [0.15, 0.2) is 84.9 Å². The van der Waals surface area contributed by atoms with Crippen molar-refractivity contribution in [3.63, 3.8) is 0 Å². The number of carboxylic acids is 1. The number of carboxylic acid groups (broad SMARTS) is 1. The molecule has 15 heteroatoms. The molecule has 0 saturated heterocycles. The number of aromatic hydroxyl groups is 2. The highest BCUT2D eigenvalue weighted by Gasteiger charge is 2.36. The Labute approximate surface area is 379 Å². The molecule has 0 radical (unpaired) electrons. The van der Waals surface area contributed by atoms with Gasteiger partial charge in [0.15, 0.2) is 0 Å². The number of aliphatic carboxylic acids is 1. The van der Waals surface area contributed by atoms with Gasteiger partial charge in [0.1, 0.15) is 35.7 Å². The highest BCUT2D eigenvalue weighted by molar-refractivity contribution is 5.97. The van der Waals surface area contributed by atoms with E-state index in [0.717, 1.165) is 28.4 Å². The van der Waals surface area contributed by atoms with Gasteiger partial charge in [0, 0.05) is 43.1 Å². The number of fused-ring (bicyclic) bond motifs is 5. The third-order valence-corrected chi connectivity index (χ3v) is 12.4. The van der Waals surface area contributed by atoms with Crippen LogP contribution in [-0.4, -0.2) is 94.0 Å². The molecule has 4 aromatic rings. The van der Waals surface area contributed by atoms with E-state index in [2.05, 4.69) is 45.5 Å². The zero-order valence-corrected chi connectivity index (χ0v) is 37.0. The van der Waals surface area contributed by atoms with Gasteiger partial charge in [-0.05, 0) is 109 Å². The van der Waals surface area contributed by atoms with Crippen LogP contribution in [0.2, 0.25) is 0 Å². The van der Waals surface area contributed by atoms with E-state index < -0.39 is 53.8 Å². The van der Waals surface area contributed by atoms with Gasteiger partial charge in [-0.3, -0.25) is 24.0 Å². The number of hydrogen-bond acceptors (Lipinski definition) is 9. The molecule has 1 fully saturated rings. The number of carbonyl (C=O) groups is 6. The molecule has 2 aliphatic rings. The lowest BCUT2D eigenvalue weighted by atomic mass is 9.84. The van der Waals surface area contributed by atoms with Crippen LogP contribution in [0.4, 0.5) is 0 Å². The van der Waals surface area contributed by atoms with E-state index in [-0.39, 0.29) is 59.9 Å². The molecule has 0 spiro atoms. The lowest BCUT2D eigenvalue weighted by Gasteiger charge is -2.32. The summed E-state index contributed by atoms with van der Waals surface area (Å²) in [4.78, 5) is 81.6. The van der Waals surface area contributed by atoms with E-state index in [9.17, 15) is 44.1 Å². The number of hydrogen-bond donors (Lipinski definition) is 8. The number of unbranched alkanes of at least 4 members (excludes halogenated alkanes) is 1. The second kappa shape index (κ2) is 22.2. The minimum absolute atomic E-state index is 0.0214. The Kier molecular flexibility index (Phi) is 16.3. The molecular formula is C50H60N6O9. The Morgan fingerprint density at radius 1 is 0.815 bits per heavy atom. The van der Waals surface area contributed by atoms with Crippen LogP contribution in [0.3, 0.4) is 0 Å². The van der Waals surface area contributed by atoms with Crippen LogP contribution in [0.25, 0.3) is 22.3 Å². The second-order valence-corrected chi connectivity index (χ2v) is 17.2. The average Bonchev–Trinajstić information content (AvgIpc) is 3.29. The van der Waals surface area contributed by atoms with E-state index in [1.165, 1.54) is 88.0 Å². The number of rotatable bonds is 15. The van der Waals surface area contributed by atoms with Gasteiger partial charge < -0.3 is 47.2 Å².